The lowest BCUT2D eigenvalue weighted by Gasteiger charge is -2.08. The molecule has 0 aliphatic carbocycles. The molecular formula is C22H11BrCl2O5. The fraction of sp³-hybridized carbons (Fsp3) is 0. The molecule has 0 bridgehead atoms. The van der Waals surface area contributed by atoms with Crippen LogP contribution in [0, 0.1) is 0 Å². The highest BCUT2D eigenvalue weighted by Gasteiger charge is 2.14. The van der Waals surface area contributed by atoms with Crippen molar-refractivity contribution in [1.82, 2.24) is 0 Å². The average molecular weight is 506 g/mol. The van der Waals surface area contributed by atoms with E-state index in [1.54, 1.807) is 18.2 Å². The van der Waals surface area contributed by atoms with Crippen molar-refractivity contribution >= 4 is 56.1 Å². The minimum Gasteiger partial charge on any atom is -0.460 e. The van der Waals surface area contributed by atoms with Gasteiger partial charge in [-0.3, -0.25) is 4.79 Å². The van der Waals surface area contributed by atoms with Gasteiger partial charge in [-0.2, -0.15) is 0 Å². The quantitative estimate of drug-likeness (QED) is 0.223. The van der Waals surface area contributed by atoms with Gasteiger partial charge in [0.15, 0.2) is 0 Å². The number of rotatable bonds is 4. The highest BCUT2D eigenvalue weighted by Crippen LogP contribution is 2.29. The second-order valence-corrected chi connectivity index (χ2v) is 7.81. The van der Waals surface area contributed by atoms with Crippen LogP contribution < -0.4 is 14.9 Å². The summed E-state index contributed by atoms with van der Waals surface area (Å²) in [7, 11) is 0. The van der Waals surface area contributed by atoms with Crippen LogP contribution in [0.4, 0.5) is 0 Å². The summed E-state index contributed by atoms with van der Waals surface area (Å²) in [6, 6.07) is 16.0. The molecule has 0 spiro atoms. The molecule has 0 saturated heterocycles. The Morgan fingerprint density at radius 3 is 2.50 bits per heavy atom. The molecule has 5 nitrogen and oxygen atoms in total. The summed E-state index contributed by atoms with van der Waals surface area (Å²) in [4.78, 5) is 25.1. The Morgan fingerprint density at radius 1 is 0.933 bits per heavy atom. The lowest BCUT2D eigenvalue weighted by Crippen LogP contribution is -2.09. The van der Waals surface area contributed by atoms with E-state index in [0.29, 0.717) is 15.2 Å². The number of ether oxygens (including phenoxy) is 2. The molecular weight excluding hydrogens is 495 g/mol. The smallest absolute Gasteiger partial charge is 0.343 e. The molecule has 1 heterocycles. The van der Waals surface area contributed by atoms with Crippen molar-refractivity contribution in [2.24, 2.45) is 0 Å². The van der Waals surface area contributed by atoms with Crippen LogP contribution in [0.25, 0.3) is 11.0 Å². The zero-order valence-electron chi connectivity index (χ0n) is 15.0. The van der Waals surface area contributed by atoms with Crippen LogP contribution >= 0.6 is 39.1 Å². The molecule has 150 valence electrons. The summed E-state index contributed by atoms with van der Waals surface area (Å²) in [6.45, 7) is 0. The molecule has 30 heavy (non-hydrogen) atoms. The number of benzene rings is 3. The van der Waals surface area contributed by atoms with E-state index in [0.717, 1.165) is 0 Å². The largest absolute Gasteiger partial charge is 0.460 e. The van der Waals surface area contributed by atoms with Gasteiger partial charge in [-0.15, -0.1) is 0 Å². The molecule has 0 aliphatic heterocycles. The van der Waals surface area contributed by atoms with E-state index in [9.17, 15) is 9.59 Å². The number of hydrogen-bond donors (Lipinski definition) is 0. The summed E-state index contributed by atoms with van der Waals surface area (Å²) >= 11 is 15.2. The number of hydrogen-bond acceptors (Lipinski definition) is 5. The van der Waals surface area contributed by atoms with Gasteiger partial charge in [0.25, 0.3) is 0 Å². The maximum absolute atomic E-state index is 12.7. The lowest BCUT2D eigenvalue weighted by atomic mass is 10.2. The van der Waals surface area contributed by atoms with E-state index in [2.05, 4.69) is 15.9 Å². The van der Waals surface area contributed by atoms with Crippen LogP contribution in [0.5, 0.6) is 17.2 Å². The van der Waals surface area contributed by atoms with Gasteiger partial charge in [0.1, 0.15) is 23.3 Å². The SMILES string of the molecule is O=C(Oc1ccc2c(=O)c(Oc3ccccc3Br)coc2c1)c1ccc(Cl)c(Cl)c1. The second-order valence-electron chi connectivity index (χ2n) is 6.14. The summed E-state index contributed by atoms with van der Waals surface area (Å²) in [5.41, 5.74) is 0.136. The maximum atomic E-state index is 12.7. The van der Waals surface area contributed by atoms with Gasteiger partial charge in [0.05, 0.1) is 25.5 Å². The number of para-hydroxylation sites is 1. The number of carbonyl (C=O) groups excluding carboxylic acids is 1. The van der Waals surface area contributed by atoms with Gasteiger partial charge in [-0.1, -0.05) is 35.3 Å². The number of carbonyl (C=O) groups is 1. The molecule has 1 aromatic heterocycles. The Balaban J connectivity index is 1.60. The maximum Gasteiger partial charge on any atom is 0.343 e. The minimum atomic E-state index is -0.621. The minimum absolute atomic E-state index is 0.0370. The zero-order valence-corrected chi connectivity index (χ0v) is 18.1. The van der Waals surface area contributed by atoms with Gasteiger partial charge < -0.3 is 13.9 Å². The summed E-state index contributed by atoms with van der Waals surface area (Å²) in [6.07, 6.45) is 1.22. The van der Waals surface area contributed by atoms with Crippen molar-refractivity contribution < 1.29 is 18.7 Å². The average Bonchev–Trinajstić information content (AvgIpc) is 2.73. The van der Waals surface area contributed by atoms with Crippen LogP contribution in [0.1, 0.15) is 10.4 Å². The van der Waals surface area contributed by atoms with E-state index in [-0.39, 0.29) is 38.5 Å². The van der Waals surface area contributed by atoms with E-state index >= 15 is 0 Å². The predicted octanol–water partition coefficient (Wildman–Crippen LogP) is 6.87. The van der Waals surface area contributed by atoms with Gasteiger partial charge in [0, 0.05) is 6.07 Å². The number of fused-ring (bicyclic) bond motifs is 1. The summed E-state index contributed by atoms with van der Waals surface area (Å²) in [5.74, 6) is 0.108. The molecule has 0 radical (unpaired) electrons. The molecule has 8 heteroatoms. The van der Waals surface area contributed by atoms with Crippen molar-refractivity contribution in [1.29, 1.82) is 0 Å². The molecule has 0 saturated carbocycles. The molecule has 0 amide bonds. The van der Waals surface area contributed by atoms with Crippen molar-refractivity contribution in [2.75, 3.05) is 0 Å². The topological polar surface area (TPSA) is 65.7 Å². The zero-order chi connectivity index (χ0) is 21.3. The Bertz CT molecular complexity index is 1330. The fourth-order valence-corrected chi connectivity index (χ4v) is 3.32. The number of halogens is 3. The molecule has 4 aromatic rings. The molecule has 0 aliphatic rings. The Kier molecular flexibility index (Phi) is 5.81. The molecule has 0 atom stereocenters. The van der Waals surface area contributed by atoms with Crippen molar-refractivity contribution in [3.8, 4) is 17.2 Å². The third kappa shape index (κ3) is 4.21. The second kappa shape index (κ2) is 8.52. The van der Waals surface area contributed by atoms with Crippen LogP contribution in [-0.4, -0.2) is 5.97 Å². The van der Waals surface area contributed by atoms with Crippen molar-refractivity contribution in [2.45, 2.75) is 0 Å². The van der Waals surface area contributed by atoms with E-state index in [4.69, 9.17) is 37.1 Å². The van der Waals surface area contributed by atoms with Gasteiger partial charge in [0.2, 0.25) is 11.2 Å². The molecule has 0 unspecified atom stereocenters. The van der Waals surface area contributed by atoms with Gasteiger partial charge in [-0.05, 0) is 58.4 Å². The normalized spacial score (nSPS) is 10.8. The summed E-state index contributed by atoms with van der Waals surface area (Å²) < 4.78 is 17.2. The third-order valence-corrected chi connectivity index (χ3v) is 5.53. The Morgan fingerprint density at radius 2 is 1.73 bits per heavy atom. The fourth-order valence-electron chi connectivity index (χ4n) is 2.66. The first-order valence-corrected chi connectivity index (χ1v) is 10.1. The number of esters is 1. The monoisotopic (exact) mass is 504 g/mol. The van der Waals surface area contributed by atoms with E-state index < -0.39 is 5.97 Å². The molecule has 0 fully saturated rings. The van der Waals surface area contributed by atoms with Gasteiger partial charge >= 0.3 is 5.97 Å². The van der Waals surface area contributed by atoms with Crippen LogP contribution in [-0.2, 0) is 0 Å². The Hall–Kier alpha value is -2.80. The van der Waals surface area contributed by atoms with E-state index in [1.165, 1.54) is 42.7 Å². The predicted molar refractivity (Wildman–Crippen MR) is 118 cm³/mol. The molecule has 0 N–H and O–H groups in total. The molecule has 3 aromatic carbocycles. The van der Waals surface area contributed by atoms with Crippen LogP contribution in [0.3, 0.4) is 0 Å². The standard InChI is InChI=1S/C22H11BrCl2O5/c23-15-3-1-2-4-18(15)30-20-11-28-19-10-13(6-7-14(19)21(20)26)29-22(27)12-5-8-16(24)17(25)9-12/h1-11H. The third-order valence-electron chi connectivity index (χ3n) is 4.14. The van der Waals surface area contributed by atoms with E-state index in [1.807, 2.05) is 6.07 Å². The highest BCUT2D eigenvalue weighted by molar-refractivity contribution is 9.10. The molecule has 4 rings (SSSR count). The van der Waals surface area contributed by atoms with Crippen molar-refractivity contribution in [3.63, 3.8) is 0 Å². The Labute approximate surface area is 188 Å². The first kappa shape index (κ1) is 20.5. The lowest BCUT2D eigenvalue weighted by molar-refractivity contribution is 0.0735. The van der Waals surface area contributed by atoms with Crippen LogP contribution in [0.15, 0.2) is 80.6 Å². The highest BCUT2D eigenvalue weighted by atomic mass is 79.9. The van der Waals surface area contributed by atoms with Crippen LogP contribution in [0.2, 0.25) is 10.0 Å². The first-order valence-electron chi connectivity index (χ1n) is 8.57. The summed E-state index contributed by atoms with van der Waals surface area (Å²) in [5, 5.41) is 0.864. The van der Waals surface area contributed by atoms with Gasteiger partial charge in [-0.25, -0.2) is 4.79 Å². The first-order chi connectivity index (χ1) is 14.4. The van der Waals surface area contributed by atoms with Crippen molar-refractivity contribution in [3.05, 3.63) is 97.2 Å².